The number of aliphatic carboxylic acids is 3. The van der Waals surface area contributed by atoms with Crippen molar-refractivity contribution in [1.82, 2.24) is 16.0 Å². The molecule has 0 heterocycles. The number of carboxylic acid groups (broad SMARTS) is 3. The topological polar surface area (TPSA) is 245 Å². The smallest absolute Gasteiger partial charge is 0.328 e. The van der Waals surface area contributed by atoms with Gasteiger partial charge in [0, 0.05) is 12.8 Å². The number of rotatable bonds is 14. The van der Waals surface area contributed by atoms with Gasteiger partial charge in [-0.2, -0.15) is 0 Å². The van der Waals surface area contributed by atoms with Gasteiger partial charge in [-0.25, -0.2) is 4.79 Å². The Kier molecular flexibility index (Phi) is 11.7. The predicted molar refractivity (Wildman–Crippen MR) is 102 cm³/mol. The number of carbonyl (C=O) groups is 6. The Morgan fingerprint density at radius 2 is 1.29 bits per heavy atom. The van der Waals surface area contributed by atoms with Crippen molar-refractivity contribution in [2.24, 2.45) is 5.73 Å². The molecule has 176 valence electrons. The number of nitrogens with one attached hydrogen (secondary N) is 3. The largest absolute Gasteiger partial charge is 0.481 e. The number of carbonyl (C=O) groups excluding carboxylic acids is 3. The van der Waals surface area contributed by atoms with E-state index in [0.29, 0.717) is 0 Å². The molecule has 0 aromatic heterocycles. The second kappa shape index (κ2) is 13.1. The molecule has 0 saturated carbocycles. The minimum Gasteiger partial charge on any atom is -0.481 e. The van der Waals surface area contributed by atoms with Crippen LogP contribution in [0.4, 0.5) is 0 Å². The Bertz CT molecular complexity index is 696. The molecule has 0 aliphatic carbocycles. The van der Waals surface area contributed by atoms with Crippen molar-refractivity contribution in [3.8, 4) is 0 Å². The molecule has 0 bridgehead atoms. The zero-order chi connectivity index (χ0) is 24.3. The van der Waals surface area contributed by atoms with Crippen molar-refractivity contribution < 1.29 is 49.2 Å². The van der Waals surface area contributed by atoms with Crippen LogP contribution in [0.3, 0.4) is 0 Å². The van der Waals surface area contributed by atoms with E-state index in [1.54, 1.807) is 0 Å². The highest BCUT2D eigenvalue weighted by Gasteiger charge is 2.30. The summed E-state index contributed by atoms with van der Waals surface area (Å²) in [4.78, 5) is 69.1. The molecule has 31 heavy (non-hydrogen) atoms. The van der Waals surface area contributed by atoms with Gasteiger partial charge in [0.1, 0.15) is 12.1 Å². The summed E-state index contributed by atoms with van der Waals surface area (Å²) in [5.41, 5.74) is 5.56. The van der Waals surface area contributed by atoms with Gasteiger partial charge >= 0.3 is 17.9 Å². The van der Waals surface area contributed by atoms with Crippen LogP contribution < -0.4 is 21.7 Å². The average molecular weight is 448 g/mol. The molecular weight excluding hydrogens is 420 g/mol. The second-order valence-corrected chi connectivity index (χ2v) is 6.83. The molecule has 5 unspecified atom stereocenters. The summed E-state index contributed by atoms with van der Waals surface area (Å²) in [5, 5.41) is 42.3. The van der Waals surface area contributed by atoms with Crippen molar-refractivity contribution in [2.75, 3.05) is 0 Å². The molecule has 0 aliphatic rings. The second-order valence-electron chi connectivity index (χ2n) is 6.83. The summed E-state index contributed by atoms with van der Waals surface area (Å²) in [5.74, 6) is -6.70. The number of hydrogen-bond donors (Lipinski definition) is 8. The van der Waals surface area contributed by atoms with Crippen LogP contribution in [0.2, 0.25) is 0 Å². The van der Waals surface area contributed by atoms with Crippen molar-refractivity contribution in [2.45, 2.75) is 69.8 Å². The van der Waals surface area contributed by atoms with Crippen LogP contribution in [0.5, 0.6) is 0 Å². The van der Waals surface area contributed by atoms with E-state index in [-0.39, 0.29) is 12.8 Å². The number of carboxylic acids is 3. The van der Waals surface area contributed by atoms with Crippen LogP contribution in [0, 0.1) is 0 Å². The molecule has 14 heteroatoms. The van der Waals surface area contributed by atoms with Crippen LogP contribution in [0.15, 0.2) is 0 Å². The summed E-state index contributed by atoms with van der Waals surface area (Å²) >= 11 is 0. The molecular formula is C17H28N4O10. The number of aliphatic hydroxyl groups excluding tert-OH is 1. The Morgan fingerprint density at radius 1 is 0.774 bits per heavy atom. The molecule has 0 aliphatic heterocycles. The first-order valence-electron chi connectivity index (χ1n) is 9.27. The fourth-order valence-corrected chi connectivity index (χ4v) is 2.27. The van der Waals surface area contributed by atoms with Crippen LogP contribution in [0.25, 0.3) is 0 Å². The van der Waals surface area contributed by atoms with E-state index in [1.165, 1.54) is 6.92 Å². The van der Waals surface area contributed by atoms with Crippen molar-refractivity contribution in [1.29, 1.82) is 0 Å². The Balaban J connectivity index is 5.12. The zero-order valence-electron chi connectivity index (χ0n) is 17.0. The van der Waals surface area contributed by atoms with Crippen molar-refractivity contribution in [3.05, 3.63) is 0 Å². The molecule has 0 spiro atoms. The van der Waals surface area contributed by atoms with Crippen molar-refractivity contribution >= 4 is 35.6 Å². The van der Waals surface area contributed by atoms with Crippen LogP contribution >= 0.6 is 0 Å². The van der Waals surface area contributed by atoms with Gasteiger partial charge < -0.3 is 42.1 Å². The lowest BCUT2D eigenvalue weighted by Crippen LogP contribution is -2.57. The maximum absolute atomic E-state index is 12.4. The highest BCUT2D eigenvalue weighted by Crippen LogP contribution is 2.03. The Labute approximate surface area is 177 Å². The fourth-order valence-electron chi connectivity index (χ4n) is 2.27. The summed E-state index contributed by atoms with van der Waals surface area (Å²) < 4.78 is 0. The predicted octanol–water partition coefficient (Wildman–Crippen LogP) is -3.02. The average Bonchev–Trinajstić information content (AvgIpc) is 2.65. The van der Waals surface area contributed by atoms with Gasteiger partial charge in [-0.1, -0.05) is 0 Å². The Morgan fingerprint density at radius 3 is 1.74 bits per heavy atom. The first kappa shape index (κ1) is 27.7. The Hall–Kier alpha value is -3.26. The summed E-state index contributed by atoms with van der Waals surface area (Å²) in [6.07, 6.45) is -2.89. The number of aliphatic hydroxyl groups is 1. The molecule has 9 N–H and O–H groups in total. The van der Waals surface area contributed by atoms with Crippen LogP contribution in [0.1, 0.15) is 39.5 Å². The molecule has 14 nitrogen and oxygen atoms in total. The lowest BCUT2D eigenvalue weighted by atomic mass is 10.1. The zero-order valence-corrected chi connectivity index (χ0v) is 17.0. The molecule has 0 fully saturated rings. The normalized spacial score (nSPS) is 15.5. The molecule has 5 atom stereocenters. The van der Waals surface area contributed by atoms with E-state index in [2.05, 4.69) is 10.6 Å². The number of nitrogens with two attached hydrogens (primary N) is 1. The minimum atomic E-state index is -1.62. The van der Waals surface area contributed by atoms with Crippen LogP contribution in [-0.2, 0) is 28.8 Å². The highest BCUT2D eigenvalue weighted by molar-refractivity contribution is 5.94. The van der Waals surface area contributed by atoms with Gasteiger partial charge in [0.25, 0.3) is 0 Å². The van der Waals surface area contributed by atoms with Crippen LogP contribution in [-0.4, -0.2) is 86.3 Å². The SMILES string of the molecule is CC(NC(=O)C(CCC(=O)O)NC(=O)C(N)CCC(=O)O)C(=O)NC(C(=O)O)C(C)O. The van der Waals surface area contributed by atoms with E-state index in [4.69, 9.17) is 21.1 Å². The first-order chi connectivity index (χ1) is 14.3. The van der Waals surface area contributed by atoms with Gasteiger partial charge in [-0.3, -0.25) is 24.0 Å². The first-order valence-corrected chi connectivity index (χ1v) is 9.27. The lowest BCUT2D eigenvalue weighted by molar-refractivity contribution is -0.145. The summed E-state index contributed by atoms with van der Waals surface area (Å²) in [7, 11) is 0. The van der Waals surface area contributed by atoms with Gasteiger partial charge in [0.05, 0.1) is 12.1 Å². The monoisotopic (exact) mass is 448 g/mol. The minimum absolute atomic E-state index is 0.219. The standard InChI is InChI=1S/C17H28N4O10/c1-7(14(27)21-13(8(2)22)17(30)31)19-16(29)10(4-6-12(25)26)20-15(28)9(18)3-5-11(23)24/h7-10,13,22H,3-6,18H2,1-2H3,(H,19,29)(H,20,28)(H,21,27)(H,23,24)(H,25,26)(H,30,31). The third-order valence-electron chi connectivity index (χ3n) is 4.08. The molecule has 0 aromatic carbocycles. The molecule has 0 radical (unpaired) electrons. The van der Waals surface area contributed by atoms with E-state index in [9.17, 15) is 33.9 Å². The number of hydrogen-bond acceptors (Lipinski definition) is 8. The summed E-state index contributed by atoms with van der Waals surface area (Å²) in [6.45, 7) is 2.36. The molecule has 0 rings (SSSR count). The fraction of sp³-hybridized carbons (Fsp3) is 0.647. The molecule has 3 amide bonds. The summed E-state index contributed by atoms with van der Waals surface area (Å²) in [6, 6.07) is -5.58. The maximum Gasteiger partial charge on any atom is 0.328 e. The number of amides is 3. The van der Waals surface area contributed by atoms with E-state index in [0.717, 1.165) is 6.92 Å². The molecule has 0 aromatic rings. The van der Waals surface area contributed by atoms with E-state index in [1.807, 2.05) is 5.32 Å². The lowest BCUT2D eigenvalue weighted by Gasteiger charge is -2.23. The maximum atomic E-state index is 12.4. The molecule has 0 saturated heterocycles. The third kappa shape index (κ3) is 10.9. The third-order valence-corrected chi connectivity index (χ3v) is 4.08. The van der Waals surface area contributed by atoms with Gasteiger partial charge in [-0.15, -0.1) is 0 Å². The van der Waals surface area contributed by atoms with E-state index >= 15 is 0 Å². The van der Waals surface area contributed by atoms with Crippen molar-refractivity contribution in [3.63, 3.8) is 0 Å². The van der Waals surface area contributed by atoms with Gasteiger partial charge in [0.15, 0.2) is 6.04 Å². The highest BCUT2D eigenvalue weighted by atomic mass is 16.4. The van der Waals surface area contributed by atoms with Gasteiger partial charge in [0.2, 0.25) is 17.7 Å². The van der Waals surface area contributed by atoms with E-state index < -0.39 is 78.7 Å². The quantitative estimate of drug-likeness (QED) is 0.133. The van der Waals surface area contributed by atoms with Gasteiger partial charge in [-0.05, 0) is 26.7 Å².